The number of aromatic nitrogens is 3. The number of para-hydroxylation sites is 1. The summed E-state index contributed by atoms with van der Waals surface area (Å²) in [7, 11) is 0. The zero-order chi connectivity index (χ0) is 29.0. The van der Waals surface area contributed by atoms with Crippen molar-refractivity contribution in [1.29, 1.82) is 0 Å². The molecule has 1 fully saturated rings. The fourth-order valence-corrected chi connectivity index (χ4v) is 5.05. The van der Waals surface area contributed by atoms with E-state index in [1.54, 1.807) is 42.6 Å². The van der Waals surface area contributed by atoms with Crippen molar-refractivity contribution in [3.63, 3.8) is 0 Å². The third-order valence-corrected chi connectivity index (χ3v) is 7.17. The molecule has 0 aliphatic heterocycles. The van der Waals surface area contributed by atoms with Gasteiger partial charge in [0.05, 0.1) is 17.4 Å². The van der Waals surface area contributed by atoms with Gasteiger partial charge < -0.3 is 11.1 Å². The molecule has 5 nitrogen and oxygen atoms in total. The first-order valence-electron chi connectivity index (χ1n) is 13.4. The molecule has 0 bridgehead atoms. The zero-order valence-corrected chi connectivity index (χ0v) is 22.3. The number of hydrogen-bond donors (Lipinski definition) is 2. The number of nitrogens with one attached hydrogen (secondary N) is 1. The van der Waals surface area contributed by atoms with Crippen LogP contribution in [0.3, 0.4) is 0 Å². The minimum atomic E-state index is -4.70. The van der Waals surface area contributed by atoms with Gasteiger partial charge in [-0.1, -0.05) is 61.9 Å². The minimum Gasteiger partial charge on any atom is -0.383 e. The predicted octanol–water partition coefficient (Wildman–Crippen LogP) is 7.61. The van der Waals surface area contributed by atoms with E-state index >= 15 is 4.39 Å². The fourth-order valence-electron chi connectivity index (χ4n) is 5.05. The maximum Gasteiger partial charge on any atom is 0.434 e. The van der Waals surface area contributed by atoms with Crippen molar-refractivity contribution < 1.29 is 17.6 Å². The second-order valence-corrected chi connectivity index (χ2v) is 10.1. The molecule has 0 amide bonds. The Balaban J connectivity index is 1.36. The maximum atomic E-state index is 15.2. The molecule has 5 rings (SSSR count). The highest BCUT2D eigenvalue weighted by molar-refractivity contribution is 5.77. The monoisotopic (exact) mass is 559 g/mol. The number of anilines is 2. The van der Waals surface area contributed by atoms with Gasteiger partial charge >= 0.3 is 6.18 Å². The Labute approximate surface area is 236 Å². The van der Waals surface area contributed by atoms with E-state index in [1.807, 2.05) is 0 Å². The van der Waals surface area contributed by atoms with Crippen LogP contribution in [0.15, 0.2) is 73.6 Å². The summed E-state index contributed by atoms with van der Waals surface area (Å²) in [5.74, 6) is 6.62. The molecular formula is C32H29F4N5. The number of halogens is 4. The molecule has 3 N–H and O–H groups in total. The number of pyridine rings is 1. The topological polar surface area (TPSA) is 68.8 Å². The lowest BCUT2D eigenvalue weighted by Gasteiger charge is -2.16. The van der Waals surface area contributed by atoms with Crippen LogP contribution in [0.25, 0.3) is 11.4 Å². The lowest BCUT2D eigenvalue weighted by atomic mass is 9.89. The summed E-state index contributed by atoms with van der Waals surface area (Å²) in [5.41, 5.74) is 7.11. The SMILES string of the molecule is C=C(Nc1ccc(Cc2ccnc(N)c2C#CC2CCCCC2)c(F)c1)c1cnn(-c2ccccc2)c1C(F)(F)F. The Hall–Kier alpha value is -4.58. The molecule has 1 aliphatic rings. The van der Waals surface area contributed by atoms with E-state index in [4.69, 9.17) is 5.73 Å². The number of nitrogens with zero attached hydrogens (tertiary/aromatic N) is 3. The van der Waals surface area contributed by atoms with E-state index in [1.165, 1.54) is 37.5 Å². The van der Waals surface area contributed by atoms with Gasteiger partial charge in [0, 0.05) is 35.5 Å². The van der Waals surface area contributed by atoms with Crippen molar-refractivity contribution in [1.82, 2.24) is 14.8 Å². The molecule has 0 saturated heterocycles. The van der Waals surface area contributed by atoms with Gasteiger partial charge in [-0.15, -0.1) is 0 Å². The first kappa shape index (κ1) is 28.0. The summed E-state index contributed by atoms with van der Waals surface area (Å²) >= 11 is 0. The number of nitrogens with two attached hydrogens (primary N) is 1. The van der Waals surface area contributed by atoms with E-state index < -0.39 is 17.7 Å². The standard InChI is InChI=1S/C32H29F4N5/c1-21(28-20-39-41(30(28)32(34,35)36)26-10-6-3-7-11-26)40-25-14-13-24(29(33)19-25)18-23-16-17-38-31(37)27(23)15-12-22-8-4-2-5-9-22/h3,6-7,10-11,13-14,16-17,19-20,22,40H,1-2,4-5,8-9,18H2,(H2,37,38). The third kappa shape index (κ3) is 6.43. The lowest BCUT2D eigenvalue weighted by molar-refractivity contribution is -0.143. The highest BCUT2D eigenvalue weighted by Crippen LogP contribution is 2.36. The molecule has 9 heteroatoms. The third-order valence-electron chi connectivity index (χ3n) is 7.17. The molecule has 2 aromatic carbocycles. The van der Waals surface area contributed by atoms with E-state index in [2.05, 4.69) is 33.8 Å². The summed E-state index contributed by atoms with van der Waals surface area (Å²) in [4.78, 5) is 4.16. The predicted molar refractivity (Wildman–Crippen MR) is 153 cm³/mol. The van der Waals surface area contributed by atoms with Crippen LogP contribution in [0.2, 0.25) is 0 Å². The second-order valence-electron chi connectivity index (χ2n) is 10.1. The summed E-state index contributed by atoms with van der Waals surface area (Å²) in [6.45, 7) is 3.78. The van der Waals surface area contributed by atoms with Gasteiger partial charge in [0.25, 0.3) is 0 Å². The van der Waals surface area contributed by atoms with E-state index in [0.29, 0.717) is 22.9 Å². The number of benzene rings is 2. The Morgan fingerprint density at radius 3 is 2.51 bits per heavy atom. The fraction of sp³-hybridized carbons (Fsp3) is 0.250. The number of rotatable bonds is 6. The van der Waals surface area contributed by atoms with Crippen molar-refractivity contribution in [3.05, 3.63) is 107 Å². The minimum absolute atomic E-state index is 0.0613. The van der Waals surface area contributed by atoms with E-state index in [-0.39, 0.29) is 29.1 Å². The Kier molecular flexibility index (Phi) is 8.11. The van der Waals surface area contributed by atoms with Crippen molar-refractivity contribution in [2.75, 3.05) is 11.1 Å². The molecule has 0 atom stereocenters. The number of nitrogen functional groups attached to an aromatic ring is 1. The van der Waals surface area contributed by atoms with Crippen molar-refractivity contribution >= 4 is 17.2 Å². The van der Waals surface area contributed by atoms with Crippen molar-refractivity contribution in [3.8, 4) is 17.5 Å². The van der Waals surface area contributed by atoms with E-state index in [9.17, 15) is 13.2 Å². The van der Waals surface area contributed by atoms with Crippen LogP contribution in [0.4, 0.5) is 29.1 Å². The Morgan fingerprint density at radius 1 is 1.05 bits per heavy atom. The smallest absolute Gasteiger partial charge is 0.383 e. The molecule has 210 valence electrons. The van der Waals surface area contributed by atoms with Gasteiger partial charge in [-0.05, 0) is 54.3 Å². The largest absolute Gasteiger partial charge is 0.434 e. The Morgan fingerprint density at radius 2 is 1.80 bits per heavy atom. The van der Waals surface area contributed by atoms with Gasteiger partial charge in [-0.2, -0.15) is 18.3 Å². The highest BCUT2D eigenvalue weighted by atomic mass is 19.4. The average molecular weight is 560 g/mol. The summed E-state index contributed by atoms with van der Waals surface area (Å²) in [5, 5.41) is 6.75. The molecule has 2 heterocycles. The molecule has 41 heavy (non-hydrogen) atoms. The maximum absolute atomic E-state index is 15.2. The normalized spacial score (nSPS) is 13.9. The van der Waals surface area contributed by atoms with E-state index in [0.717, 1.165) is 29.3 Å². The van der Waals surface area contributed by atoms with Crippen molar-refractivity contribution in [2.45, 2.75) is 44.7 Å². The molecule has 0 radical (unpaired) electrons. The summed E-state index contributed by atoms with van der Waals surface area (Å²) < 4.78 is 58.2. The molecule has 2 aromatic heterocycles. The van der Waals surface area contributed by atoms with Crippen LogP contribution in [0.5, 0.6) is 0 Å². The summed E-state index contributed by atoms with van der Waals surface area (Å²) in [6.07, 6.45) is 3.89. The molecule has 1 saturated carbocycles. The first-order valence-corrected chi connectivity index (χ1v) is 13.4. The Bertz CT molecular complexity index is 1610. The molecule has 0 unspecified atom stereocenters. The molecular weight excluding hydrogens is 530 g/mol. The lowest BCUT2D eigenvalue weighted by Crippen LogP contribution is -2.16. The molecule has 1 aliphatic carbocycles. The van der Waals surface area contributed by atoms with Crippen molar-refractivity contribution in [2.24, 2.45) is 5.92 Å². The molecule has 4 aromatic rings. The van der Waals surface area contributed by atoms with Gasteiger partial charge in [-0.3, -0.25) is 0 Å². The van der Waals surface area contributed by atoms with Gasteiger partial charge in [0.1, 0.15) is 11.6 Å². The summed E-state index contributed by atoms with van der Waals surface area (Å²) in [6, 6.07) is 14.2. The molecule has 0 spiro atoms. The van der Waals surface area contributed by atoms with Crippen LogP contribution in [0.1, 0.15) is 60.1 Å². The average Bonchev–Trinajstić information content (AvgIpc) is 3.42. The van der Waals surface area contributed by atoms with Crippen LogP contribution in [-0.2, 0) is 12.6 Å². The van der Waals surface area contributed by atoms with Gasteiger partial charge in [0.2, 0.25) is 0 Å². The van der Waals surface area contributed by atoms with Crippen LogP contribution in [-0.4, -0.2) is 14.8 Å². The van der Waals surface area contributed by atoms with Gasteiger partial charge in [0.15, 0.2) is 5.69 Å². The van der Waals surface area contributed by atoms with Crippen LogP contribution < -0.4 is 11.1 Å². The van der Waals surface area contributed by atoms with Crippen LogP contribution in [0, 0.1) is 23.6 Å². The van der Waals surface area contributed by atoms with Gasteiger partial charge in [-0.25, -0.2) is 14.1 Å². The highest BCUT2D eigenvalue weighted by Gasteiger charge is 2.39. The number of hydrogen-bond acceptors (Lipinski definition) is 4. The van der Waals surface area contributed by atoms with Crippen LogP contribution >= 0.6 is 0 Å². The number of alkyl halides is 3. The first-order chi connectivity index (χ1) is 19.7. The second kappa shape index (κ2) is 11.9. The quantitative estimate of drug-likeness (QED) is 0.188. The zero-order valence-electron chi connectivity index (χ0n) is 22.3.